The minimum absolute atomic E-state index is 0.335. The van der Waals surface area contributed by atoms with Crippen molar-refractivity contribution in [1.82, 2.24) is 24.5 Å². The van der Waals surface area contributed by atoms with Gasteiger partial charge in [0.15, 0.2) is 12.2 Å². The first-order valence-corrected chi connectivity index (χ1v) is 8.94. The first kappa shape index (κ1) is 15.1. The van der Waals surface area contributed by atoms with Gasteiger partial charge in [-0.15, -0.1) is 0 Å². The van der Waals surface area contributed by atoms with Gasteiger partial charge in [-0.1, -0.05) is 0 Å². The van der Waals surface area contributed by atoms with Crippen molar-refractivity contribution in [1.29, 1.82) is 5.26 Å². The highest BCUT2D eigenvalue weighted by atomic mass is 16.3. The van der Waals surface area contributed by atoms with E-state index < -0.39 is 0 Å². The van der Waals surface area contributed by atoms with Gasteiger partial charge in [-0.25, -0.2) is 15.0 Å². The van der Waals surface area contributed by atoms with Crippen molar-refractivity contribution in [3.05, 3.63) is 31.1 Å². The normalized spacial score (nSPS) is 20.6. The van der Waals surface area contributed by atoms with E-state index in [2.05, 4.69) is 31.7 Å². The highest BCUT2D eigenvalue weighted by Gasteiger charge is 2.28. The summed E-state index contributed by atoms with van der Waals surface area (Å²) in [6, 6.07) is 4.70. The van der Waals surface area contributed by atoms with E-state index in [-0.39, 0.29) is 0 Å². The molecule has 0 bridgehead atoms. The lowest BCUT2D eigenvalue weighted by molar-refractivity contribution is 0.283. The Bertz CT molecular complexity index is 1090. The monoisotopic (exact) mass is 346 g/mol. The first-order valence-electron chi connectivity index (χ1n) is 8.94. The van der Waals surface area contributed by atoms with E-state index in [1.54, 1.807) is 6.26 Å². The van der Waals surface area contributed by atoms with Crippen molar-refractivity contribution in [2.24, 2.45) is 5.92 Å². The number of aromatic nitrogens is 5. The number of fused-ring (bicyclic) bond motifs is 3. The fourth-order valence-electron chi connectivity index (χ4n) is 4.19. The maximum Gasteiger partial charge on any atom is 0.181 e. The SMILES string of the molecule is N#CC[C@H]1CC[C@H](n2c(-c3cocn3)nc3cnc4[nH]ccc4c32)CC1. The van der Waals surface area contributed by atoms with Gasteiger partial charge in [-0.05, 0) is 37.7 Å². The van der Waals surface area contributed by atoms with Gasteiger partial charge >= 0.3 is 0 Å². The number of rotatable bonds is 3. The van der Waals surface area contributed by atoms with Gasteiger partial charge in [0.25, 0.3) is 0 Å². The number of H-pyrrole nitrogens is 1. The van der Waals surface area contributed by atoms with Crippen LogP contribution in [0.15, 0.2) is 35.5 Å². The van der Waals surface area contributed by atoms with Crippen LogP contribution >= 0.6 is 0 Å². The predicted molar refractivity (Wildman–Crippen MR) is 96.1 cm³/mol. The molecule has 0 amide bonds. The predicted octanol–water partition coefficient (Wildman–Crippen LogP) is 4.21. The molecule has 0 aromatic carbocycles. The van der Waals surface area contributed by atoms with E-state index >= 15 is 0 Å². The van der Waals surface area contributed by atoms with Crippen LogP contribution in [0, 0.1) is 17.2 Å². The van der Waals surface area contributed by atoms with Crippen molar-refractivity contribution in [2.45, 2.75) is 38.1 Å². The second kappa shape index (κ2) is 5.99. The molecule has 130 valence electrons. The van der Waals surface area contributed by atoms with Crippen molar-refractivity contribution < 1.29 is 4.42 Å². The molecule has 4 heterocycles. The number of hydrogen-bond donors (Lipinski definition) is 1. The van der Waals surface area contributed by atoms with Crippen LogP contribution in [0.1, 0.15) is 38.1 Å². The average molecular weight is 346 g/mol. The number of nitrogens with one attached hydrogen (secondary N) is 1. The van der Waals surface area contributed by atoms with Gasteiger partial charge in [-0.2, -0.15) is 5.26 Å². The van der Waals surface area contributed by atoms with E-state index in [0.29, 0.717) is 18.4 Å². The van der Waals surface area contributed by atoms with E-state index in [0.717, 1.165) is 59.3 Å². The zero-order valence-electron chi connectivity index (χ0n) is 14.2. The maximum absolute atomic E-state index is 8.98. The maximum atomic E-state index is 8.98. The molecule has 7 heteroatoms. The third kappa shape index (κ3) is 2.30. The molecule has 1 aliphatic carbocycles. The Kier molecular flexibility index (Phi) is 3.49. The Morgan fingerprint density at radius 3 is 2.92 bits per heavy atom. The molecule has 26 heavy (non-hydrogen) atoms. The number of oxazole rings is 1. The van der Waals surface area contributed by atoms with Gasteiger partial charge < -0.3 is 14.0 Å². The van der Waals surface area contributed by atoms with Gasteiger partial charge in [-0.3, -0.25) is 0 Å². The van der Waals surface area contributed by atoms with Crippen molar-refractivity contribution in [2.75, 3.05) is 0 Å². The van der Waals surface area contributed by atoms with Crippen molar-refractivity contribution in [3.8, 4) is 17.6 Å². The topological polar surface area (TPSA) is 96.3 Å². The van der Waals surface area contributed by atoms with E-state index in [4.69, 9.17) is 14.7 Å². The molecule has 1 fully saturated rings. The summed E-state index contributed by atoms with van der Waals surface area (Å²) in [5, 5.41) is 10.1. The lowest BCUT2D eigenvalue weighted by Crippen LogP contribution is -2.19. The number of aromatic amines is 1. The quantitative estimate of drug-likeness (QED) is 0.599. The lowest BCUT2D eigenvalue weighted by Gasteiger charge is -2.29. The molecule has 0 spiro atoms. The first-order chi connectivity index (χ1) is 12.8. The molecule has 4 aromatic rings. The summed E-state index contributed by atoms with van der Waals surface area (Å²) < 4.78 is 7.52. The molecule has 0 unspecified atom stereocenters. The molecule has 0 saturated heterocycles. The minimum atomic E-state index is 0.335. The fourth-order valence-corrected chi connectivity index (χ4v) is 4.19. The molecule has 1 aliphatic rings. The molecule has 1 saturated carbocycles. The van der Waals surface area contributed by atoms with Crippen LogP contribution in [-0.4, -0.2) is 24.5 Å². The Balaban J connectivity index is 1.68. The summed E-state index contributed by atoms with van der Waals surface area (Å²) >= 11 is 0. The number of pyridine rings is 1. The smallest absolute Gasteiger partial charge is 0.181 e. The van der Waals surface area contributed by atoms with Crippen LogP contribution in [0.2, 0.25) is 0 Å². The highest BCUT2D eigenvalue weighted by molar-refractivity contribution is 6.02. The van der Waals surface area contributed by atoms with Crippen LogP contribution in [0.3, 0.4) is 0 Å². The highest BCUT2D eigenvalue weighted by Crippen LogP contribution is 2.39. The molecule has 7 nitrogen and oxygen atoms in total. The van der Waals surface area contributed by atoms with Gasteiger partial charge in [0.1, 0.15) is 23.1 Å². The Morgan fingerprint density at radius 2 is 2.15 bits per heavy atom. The van der Waals surface area contributed by atoms with Crippen molar-refractivity contribution in [3.63, 3.8) is 0 Å². The molecule has 0 atom stereocenters. The van der Waals surface area contributed by atoms with Gasteiger partial charge in [0.05, 0.1) is 17.8 Å². The Morgan fingerprint density at radius 1 is 1.27 bits per heavy atom. The van der Waals surface area contributed by atoms with E-state index in [1.165, 1.54) is 6.39 Å². The molecule has 0 radical (unpaired) electrons. The summed E-state index contributed by atoms with van der Waals surface area (Å²) in [7, 11) is 0. The minimum Gasteiger partial charge on any atom is -0.451 e. The summed E-state index contributed by atoms with van der Waals surface area (Å²) in [6.45, 7) is 0. The number of hydrogen-bond acceptors (Lipinski definition) is 5. The number of nitriles is 1. The summed E-state index contributed by atoms with van der Waals surface area (Å²) in [4.78, 5) is 16.8. The molecule has 1 N–H and O–H groups in total. The molecule has 4 aromatic heterocycles. The van der Waals surface area contributed by atoms with Crippen LogP contribution in [-0.2, 0) is 0 Å². The van der Waals surface area contributed by atoms with Crippen LogP contribution < -0.4 is 0 Å². The average Bonchev–Trinajstić information content (AvgIpc) is 3.40. The third-order valence-electron chi connectivity index (χ3n) is 5.46. The Labute approximate surface area is 149 Å². The second-order valence-corrected chi connectivity index (χ2v) is 6.95. The second-order valence-electron chi connectivity index (χ2n) is 6.95. The van der Waals surface area contributed by atoms with Gasteiger partial charge in [0.2, 0.25) is 0 Å². The van der Waals surface area contributed by atoms with Crippen LogP contribution in [0.5, 0.6) is 0 Å². The standard InChI is InChI=1S/C19H18N6O/c20-7-5-12-1-3-13(4-2-12)25-17-14-6-8-21-18(14)22-9-15(17)24-19(25)16-10-26-11-23-16/h6,8-13H,1-5H2,(H,21,22)/t12-,13-. The molecule has 0 aliphatic heterocycles. The lowest BCUT2D eigenvalue weighted by atomic mass is 9.84. The Hall–Kier alpha value is -3.14. The van der Waals surface area contributed by atoms with E-state index in [9.17, 15) is 0 Å². The molecule has 5 rings (SSSR count). The fraction of sp³-hybridized carbons (Fsp3) is 0.368. The number of nitrogens with zero attached hydrogens (tertiary/aromatic N) is 5. The van der Waals surface area contributed by atoms with Gasteiger partial charge in [0, 0.05) is 24.0 Å². The van der Waals surface area contributed by atoms with Crippen LogP contribution in [0.25, 0.3) is 33.6 Å². The largest absolute Gasteiger partial charge is 0.451 e. The third-order valence-corrected chi connectivity index (χ3v) is 5.46. The summed E-state index contributed by atoms with van der Waals surface area (Å²) in [5.74, 6) is 1.34. The zero-order chi connectivity index (χ0) is 17.5. The molecular weight excluding hydrogens is 328 g/mol. The zero-order valence-corrected chi connectivity index (χ0v) is 14.2. The summed E-state index contributed by atoms with van der Waals surface area (Å²) in [6.07, 6.45) is 11.7. The van der Waals surface area contributed by atoms with E-state index in [1.807, 2.05) is 12.4 Å². The molecular formula is C19H18N6O. The van der Waals surface area contributed by atoms with Crippen molar-refractivity contribution >= 4 is 22.1 Å². The number of imidazole rings is 1. The summed E-state index contributed by atoms with van der Waals surface area (Å²) in [5.41, 5.74) is 3.57. The van der Waals surface area contributed by atoms with Crippen LogP contribution in [0.4, 0.5) is 0 Å².